The summed E-state index contributed by atoms with van der Waals surface area (Å²) in [5.41, 5.74) is 0.599. The molecular formula is C18H26O5. The molecule has 3 N–H and O–H groups in total. The van der Waals surface area contributed by atoms with E-state index >= 15 is 0 Å². The Morgan fingerprint density at radius 3 is 2.61 bits per heavy atom. The Morgan fingerprint density at radius 1 is 1.13 bits per heavy atom. The van der Waals surface area contributed by atoms with Crippen LogP contribution in [0.15, 0.2) is 11.3 Å². The molecule has 4 aliphatic rings. The molecule has 4 rings (SSSR count). The van der Waals surface area contributed by atoms with Crippen LogP contribution in [-0.4, -0.2) is 39.6 Å². The predicted molar refractivity (Wildman–Crippen MR) is 82.0 cm³/mol. The summed E-state index contributed by atoms with van der Waals surface area (Å²) in [6.07, 6.45) is 1.84. The molecule has 1 saturated heterocycles. The van der Waals surface area contributed by atoms with Crippen LogP contribution in [0.1, 0.15) is 52.4 Å². The van der Waals surface area contributed by atoms with E-state index in [0.29, 0.717) is 0 Å². The van der Waals surface area contributed by atoms with Gasteiger partial charge in [-0.25, -0.2) is 0 Å². The second-order valence-corrected chi connectivity index (χ2v) is 8.43. The molecule has 3 aliphatic carbocycles. The minimum absolute atomic E-state index is 0.0523. The molecule has 1 heterocycles. The Hall–Kier alpha value is -0.910. The van der Waals surface area contributed by atoms with Crippen LogP contribution in [0, 0.1) is 22.7 Å². The van der Waals surface area contributed by atoms with E-state index in [-0.39, 0.29) is 23.7 Å². The lowest BCUT2D eigenvalue weighted by Crippen LogP contribution is -2.64. The Labute approximate surface area is 136 Å². The third-order valence-electron chi connectivity index (χ3n) is 7.31. The number of esters is 1. The number of fused-ring (bicyclic) bond motifs is 4. The van der Waals surface area contributed by atoms with Crippen LogP contribution in [0.25, 0.3) is 0 Å². The van der Waals surface area contributed by atoms with Gasteiger partial charge in [-0.1, -0.05) is 13.8 Å². The second kappa shape index (κ2) is 4.80. The largest absolute Gasteiger partial charge is 0.431 e. The highest BCUT2D eigenvalue weighted by Gasteiger charge is 2.63. The van der Waals surface area contributed by atoms with Crippen molar-refractivity contribution in [3.63, 3.8) is 0 Å². The Balaban J connectivity index is 1.83. The predicted octanol–water partition coefficient (Wildman–Crippen LogP) is 1.51. The summed E-state index contributed by atoms with van der Waals surface area (Å²) in [5.74, 6) is -0.199. The van der Waals surface area contributed by atoms with Crippen LogP contribution in [-0.2, 0) is 9.53 Å². The number of allylic oxidation sites excluding steroid dienone is 2. The molecule has 23 heavy (non-hydrogen) atoms. The van der Waals surface area contributed by atoms with Gasteiger partial charge in [-0.15, -0.1) is 0 Å². The summed E-state index contributed by atoms with van der Waals surface area (Å²) >= 11 is 0. The zero-order valence-corrected chi connectivity index (χ0v) is 13.8. The van der Waals surface area contributed by atoms with Crippen molar-refractivity contribution in [3.8, 4) is 0 Å². The minimum Gasteiger partial charge on any atom is -0.431 e. The smallest absolute Gasteiger partial charge is 0.314 e. The summed E-state index contributed by atoms with van der Waals surface area (Å²) in [5, 5.41) is 30.9. The van der Waals surface area contributed by atoms with Gasteiger partial charge in [-0.05, 0) is 49.5 Å². The van der Waals surface area contributed by atoms with E-state index in [2.05, 4.69) is 6.92 Å². The zero-order valence-electron chi connectivity index (χ0n) is 13.8. The third-order valence-corrected chi connectivity index (χ3v) is 7.31. The normalized spacial score (nSPS) is 52.6. The molecule has 0 radical (unpaired) electrons. The van der Waals surface area contributed by atoms with E-state index in [9.17, 15) is 20.1 Å². The van der Waals surface area contributed by atoms with E-state index in [1.165, 1.54) is 5.57 Å². The van der Waals surface area contributed by atoms with Gasteiger partial charge in [-0.3, -0.25) is 4.79 Å². The Morgan fingerprint density at radius 2 is 1.87 bits per heavy atom. The van der Waals surface area contributed by atoms with Crippen LogP contribution in [0.2, 0.25) is 0 Å². The third kappa shape index (κ3) is 1.87. The van der Waals surface area contributed by atoms with Gasteiger partial charge in [0.05, 0.1) is 18.1 Å². The first-order chi connectivity index (χ1) is 10.8. The van der Waals surface area contributed by atoms with Gasteiger partial charge >= 0.3 is 5.97 Å². The Bertz CT molecular complexity index is 584. The highest BCUT2D eigenvalue weighted by molar-refractivity contribution is 5.77. The van der Waals surface area contributed by atoms with Crippen LogP contribution in [0.4, 0.5) is 0 Å². The molecular weight excluding hydrogens is 296 g/mol. The van der Waals surface area contributed by atoms with Crippen molar-refractivity contribution < 1.29 is 24.9 Å². The lowest BCUT2D eigenvalue weighted by Gasteiger charge is -2.56. The molecule has 128 valence electrons. The number of carbonyl (C=O) groups excluding carboxylic acids is 1. The van der Waals surface area contributed by atoms with Gasteiger partial charge in [-0.2, -0.15) is 0 Å². The highest BCUT2D eigenvalue weighted by atomic mass is 16.5. The lowest BCUT2D eigenvalue weighted by atomic mass is 9.52. The number of aliphatic hydroxyl groups is 3. The van der Waals surface area contributed by atoms with Gasteiger partial charge in [0.2, 0.25) is 0 Å². The minimum atomic E-state index is -1.20. The average Bonchev–Trinajstić information content (AvgIpc) is 2.90. The molecule has 0 spiro atoms. The number of rotatable bonds is 0. The molecule has 0 aromatic heterocycles. The van der Waals surface area contributed by atoms with Gasteiger partial charge in [0.1, 0.15) is 11.9 Å². The van der Waals surface area contributed by atoms with Crippen molar-refractivity contribution in [2.75, 3.05) is 0 Å². The number of carbonyl (C=O) groups is 1. The van der Waals surface area contributed by atoms with Gasteiger partial charge in [0.15, 0.2) is 0 Å². The van der Waals surface area contributed by atoms with Crippen molar-refractivity contribution in [1.29, 1.82) is 0 Å². The summed E-state index contributed by atoms with van der Waals surface area (Å²) in [4.78, 5) is 12.6. The van der Waals surface area contributed by atoms with E-state index in [0.717, 1.165) is 37.9 Å². The maximum absolute atomic E-state index is 12.6. The van der Waals surface area contributed by atoms with Crippen LogP contribution >= 0.6 is 0 Å². The molecule has 5 heteroatoms. The summed E-state index contributed by atoms with van der Waals surface area (Å²) in [6.45, 7) is 4.14. The van der Waals surface area contributed by atoms with Gasteiger partial charge in [0, 0.05) is 11.3 Å². The first kappa shape index (κ1) is 15.6. The summed E-state index contributed by atoms with van der Waals surface area (Å²) in [6, 6.07) is 0. The topological polar surface area (TPSA) is 87.0 Å². The van der Waals surface area contributed by atoms with Crippen molar-refractivity contribution in [3.05, 3.63) is 11.3 Å². The second-order valence-electron chi connectivity index (χ2n) is 8.43. The van der Waals surface area contributed by atoms with Crippen LogP contribution < -0.4 is 0 Å². The standard InChI is InChI=1S/C18H26O5/c1-17-6-3-4-9(17)14-10(5-7-17)18(2)11(16(22)23-14)8-12(19)13(20)15(18)21/h10-13,15,19-21H,3-8H2,1-2H3. The molecule has 5 nitrogen and oxygen atoms in total. The lowest BCUT2D eigenvalue weighted by molar-refractivity contribution is -0.215. The summed E-state index contributed by atoms with van der Waals surface area (Å²) < 4.78 is 5.77. The van der Waals surface area contributed by atoms with Crippen LogP contribution in [0.3, 0.4) is 0 Å². The molecule has 0 amide bonds. The number of aliphatic hydroxyl groups excluding tert-OH is 3. The molecule has 2 saturated carbocycles. The molecule has 1 aliphatic heterocycles. The highest BCUT2D eigenvalue weighted by Crippen LogP contribution is 2.62. The molecule has 3 fully saturated rings. The van der Waals surface area contributed by atoms with E-state index in [1.807, 2.05) is 6.92 Å². The first-order valence-corrected chi connectivity index (χ1v) is 8.78. The fourth-order valence-corrected chi connectivity index (χ4v) is 5.73. The SMILES string of the molecule is CC12CCCC1=C1OC(=O)C3CC(O)C(O)C(O)C3(C)C1CC2. The molecule has 7 unspecified atom stereocenters. The van der Waals surface area contributed by atoms with Crippen molar-refractivity contribution >= 4 is 5.97 Å². The number of ether oxygens (including phenoxy) is 1. The van der Waals surface area contributed by atoms with Crippen LogP contribution in [0.5, 0.6) is 0 Å². The van der Waals surface area contributed by atoms with Gasteiger partial charge < -0.3 is 20.1 Å². The average molecular weight is 322 g/mol. The monoisotopic (exact) mass is 322 g/mol. The van der Waals surface area contributed by atoms with Crippen molar-refractivity contribution in [1.82, 2.24) is 0 Å². The van der Waals surface area contributed by atoms with Crippen molar-refractivity contribution in [2.24, 2.45) is 22.7 Å². The maximum Gasteiger partial charge on any atom is 0.314 e. The number of hydrogen-bond acceptors (Lipinski definition) is 5. The molecule has 0 aromatic carbocycles. The molecule has 0 bridgehead atoms. The fourth-order valence-electron chi connectivity index (χ4n) is 5.73. The summed E-state index contributed by atoms with van der Waals surface area (Å²) in [7, 11) is 0. The fraction of sp³-hybridized carbons (Fsp3) is 0.833. The maximum atomic E-state index is 12.6. The Kier molecular flexibility index (Phi) is 3.26. The van der Waals surface area contributed by atoms with E-state index in [4.69, 9.17) is 4.74 Å². The molecule has 0 aromatic rings. The van der Waals surface area contributed by atoms with Crippen molar-refractivity contribution in [2.45, 2.75) is 70.7 Å². The number of hydrogen-bond donors (Lipinski definition) is 3. The van der Waals surface area contributed by atoms with Gasteiger partial charge in [0.25, 0.3) is 0 Å². The quantitative estimate of drug-likeness (QED) is 0.589. The van der Waals surface area contributed by atoms with E-state index in [1.54, 1.807) is 0 Å². The van der Waals surface area contributed by atoms with E-state index < -0.39 is 29.6 Å². The first-order valence-electron chi connectivity index (χ1n) is 8.78. The molecule has 7 atom stereocenters. The zero-order chi connectivity index (χ0) is 16.6.